The maximum absolute atomic E-state index is 12.9. The highest BCUT2D eigenvalue weighted by atomic mass is 35.5. The molecular weight excluding hydrogens is 392 g/mol. The first-order valence-corrected chi connectivity index (χ1v) is 10.7. The van der Waals surface area contributed by atoms with Crippen molar-refractivity contribution in [3.8, 4) is 0 Å². The topological polar surface area (TPSA) is 41.6 Å². The molecule has 6 heteroatoms. The molecule has 3 aromatic rings. The van der Waals surface area contributed by atoms with Crippen molar-refractivity contribution in [3.63, 3.8) is 0 Å². The third-order valence-electron chi connectivity index (χ3n) is 5.15. The average molecular weight is 415 g/mol. The third-order valence-corrected chi connectivity index (χ3v) is 6.82. The lowest BCUT2D eigenvalue weighted by atomic mass is 10.0. The summed E-state index contributed by atoms with van der Waals surface area (Å²) in [7, 11) is 0. The molecule has 1 amide bonds. The van der Waals surface area contributed by atoms with Crippen LogP contribution in [0.5, 0.6) is 0 Å². The monoisotopic (exact) mass is 414 g/mol. The molecule has 1 atom stereocenters. The first kappa shape index (κ1) is 19.4. The number of carbonyl (C=O) groups excluding carboxylic acids is 1. The Bertz CT molecular complexity index is 964. The molecule has 1 aromatic heterocycles. The minimum Gasteiger partial charge on any atom is -0.379 e. The molecule has 4 rings (SSSR count). The molecule has 0 saturated carbocycles. The first-order chi connectivity index (χ1) is 13.6. The van der Waals surface area contributed by atoms with Crippen LogP contribution in [0.1, 0.15) is 26.8 Å². The summed E-state index contributed by atoms with van der Waals surface area (Å²) >= 11 is 7.91. The van der Waals surface area contributed by atoms with Crippen molar-refractivity contribution in [2.75, 3.05) is 32.8 Å². The highest BCUT2D eigenvalue weighted by molar-refractivity contribution is 7.21. The molecule has 0 spiro atoms. The smallest absolute Gasteiger partial charge is 0.262 e. The van der Waals surface area contributed by atoms with Crippen LogP contribution in [0.2, 0.25) is 5.02 Å². The van der Waals surface area contributed by atoms with Crippen molar-refractivity contribution in [1.29, 1.82) is 0 Å². The van der Waals surface area contributed by atoms with E-state index >= 15 is 0 Å². The summed E-state index contributed by atoms with van der Waals surface area (Å²) in [6.07, 6.45) is 0. The van der Waals surface area contributed by atoms with Crippen molar-refractivity contribution in [2.45, 2.75) is 13.0 Å². The van der Waals surface area contributed by atoms with Crippen LogP contribution < -0.4 is 5.32 Å². The zero-order chi connectivity index (χ0) is 19.5. The molecule has 0 radical (unpaired) electrons. The zero-order valence-corrected chi connectivity index (χ0v) is 17.4. The molecule has 1 fully saturated rings. The van der Waals surface area contributed by atoms with Crippen molar-refractivity contribution >= 4 is 38.9 Å². The van der Waals surface area contributed by atoms with E-state index in [1.807, 2.05) is 24.3 Å². The summed E-state index contributed by atoms with van der Waals surface area (Å²) in [6.45, 7) is 5.78. The number of hydrogen-bond donors (Lipinski definition) is 1. The number of nitrogens with zero attached hydrogens (tertiary/aromatic N) is 1. The number of ether oxygens (including phenoxy) is 1. The summed E-state index contributed by atoms with van der Waals surface area (Å²) < 4.78 is 6.53. The van der Waals surface area contributed by atoms with Gasteiger partial charge in [-0.05, 0) is 18.6 Å². The molecular formula is C22H23ClN2O2S. The third kappa shape index (κ3) is 4.08. The van der Waals surface area contributed by atoms with Crippen LogP contribution in [0.3, 0.4) is 0 Å². The van der Waals surface area contributed by atoms with Crippen LogP contribution in [0.15, 0.2) is 48.5 Å². The van der Waals surface area contributed by atoms with Gasteiger partial charge in [-0.15, -0.1) is 11.3 Å². The number of halogens is 1. The molecule has 1 N–H and O–H groups in total. The average Bonchev–Trinajstić information content (AvgIpc) is 3.07. The largest absolute Gasteiger partial charge is 0.379 e. The van der Waals surface area contributed by atoms with Gasteiger partial charge in [0.05, 0.1) is 24.3 Å². The van der Waals surface area contributed by atoms with Gasteiger partial charge in [0.15, 0.2) is 0 Å². The Balaban J connectivity index is 1.53. The van der Waals surface area contributed by atoms with Crippen LogP contribution in [0, 0.1) is 6.92 Å². The summed E-state index contributed by atoms with van der Waals surface area (Å²) in [5, 5.41) is 4.59. The Morgan fingerprint density at radius 3 is 2.61 bits per heavy atom. The van der Waals surface area contributed by atoms with E-state index in [1.165, 1.54) is 22.5 Å². The molecule has 28 heavy (non-hydrogen) atoms. The number of nitrogens with one attached hydrogen (secondary N) is 1. The maximum atomic E-state index is 12.9. The van der Waals surface area contributed by atoms with Crippen molar-refractivity contribution in [1.82, 2.24) is 10.2 Å². The Labute approximate surface area is 174 Å². The molecule has 1 aliphatic rings. The quantitative estimate of drug-likeness (QED) is 0.659. The molecule has 4 nitrogen and oxygen atoms in total. The van der Waals surface area contributed by atoms with E-state index in [4.69, 9.17) is 16.3 Å². The molecule has 1 saturated heterocycles. The van der Waals surface area contributed by atoms with Crippen LogP contribution >= 0.6 is 22.9 Å². The fourth-order valence-electron chi connectivity index (χ4n) is 3.57. The van der Waals surface area contributed by atoms with E-state index < -0.39 is 0 Å². The van der Waals surface area contributed by atoms with Gasteiger partial charge in [-0.2, -0.15) is 0 Å². The van der Waals surface area contributed by atoms with Gasteiger partial charge >= 0.3 is 0 Å². The van der Waals surface area contributed by atoms with Gasteiger partial charge in [0.1, 0.15) is 4.88 Å². The minimum atomic E-state index is -0.114. The molecule has 2 heterocycles. The van der Waals surface area contributed by atoms with Crippen molar-refractivity contribution < 1.29 is 9.53 Å². The fraction of sp³-hybridized carbons (Fsp3) is 0.318. The van der Waals surface area contributed by atoms with Crippen LogP contribution in [-0.2, 0) is 4.74 Å². The molecule has 1 unspecified atom stereocenters. The van der Waals surface area contributed by atoms with Gasteiger partial charge < -0.3 is 10.1 Å². The van der Waals surface area contributed by atoms with Crippen LogP contribution in [-0.4, -0.2) is 43.7 Å². The number of carbonyl (C=O) groups is 1. The number of benzene rings is 2. The number of morpholine rings is 1. The second-order valence-electron chi connectivity index (χ2n) is 7.03. The number of rotatable bonds is 5. The van der Waals surface area contributed by atoms with E-state index in [-0.39, 0.29) is 11.9 Å². The molecule has 0 aliphatic carbocycles. The lowest BCUT2D eigenvalue weighted by molar-refractivity contribution is 0.0162. The lowest BCUT2D eigenvalue weighted by Gasteiger charge is -2.35. The van der Waals surface area contributed by atoms with Gasteiger partial charge in [0.2, 0.25) is 0 Å². The van der Waals surface area contributed by atoms with E-state index in [1.54, 1.807) is 0 Å². The van der Waals surface area contributed by atoms with E-state index in [9.17, 15) is 4.79 Å². The van der Waals surface area contributed by atoms with Gasteiger partial charge in [0, 0.05) is 29.7 Å². The number of hydrogen-bond acceptors (Lipinski definition) is 4. The summed E-state index contributed by atoms with van der Waals surface area (Å²) in [4.78, 5) is 15.8. The van der Waals surface area contributed by atoms with Gasteiger partial charge in [0.25, 0.3) is 5.91 Å². The number of fused-ring (bicyclic) bond motifs is 1. The Hall–Kier alpha value is -1.92. The fourth-order valence-corrected chi connectivity index (χ4v) is 5.00. The minimum absolute atomic E-state index is 0.113. The van der Waals surface area contributed by atoms with Crippen molar-refractivity contribution in [3.05, 3.63) is 69.6 Å². The molecule has 146 valence electrons. The van der Waals surface area contributed by atoms with Crippen LogP contribution in [0.25, 0.3) is 10.1 Å². The Kier molecular flexibility index (Phi) is 5.97. The first-order valence-electron chi connectivity index (χ1n) is 9.47. The molecule has 2 aromatic carbocycles. The maximum Gasteiger partial charge on any atom is 0.262 e. The lowest BCUT2D eigenvalue weighted by Crippen LogP contribution is -2.43. The second-order valence-corrected chi connectivity index (χ2v) is 8.46. The van der Waals surface area contributed by atoms with E-state index in [0.717, 1.165) is 36.4 Å². The Morgan fingerprint density at radius 2 is 1.89 bits per heavy atom. The SMILES string of the molecule is Cc1ccc(C(CNC(=O)c2sc3ccccc3c2Cl)N2CCOCC2)cc1. The van der Waals surface area contributed by atoms with E-state index in [0.29, 0.717) is 16.4 Å². The summed E-state index contributed by atoms with van der Waals surface area (Å²) in [5.74, 6) is -0.114. The number of amides is 1. The molecule has 0 bridgehead atoms. The number of thiophene rings is 1. The van der Waals surface area contributed by atoms with Crippen LogP contribution in [0.4, 0.5) is 0 Å². The standard InChI is InChI=1S/C22H23ClN2O2S/c1-15-6-8-16(9-7-15)18(25-10-12-27-13-11-25)14-24-22(26)21-20(23)17-4-2-3-5-19(17)28-21/h2-9,18H,10-14H2,1H3,(H,24,26). The van der Waals surface area contributed by atoms with Gasteiger partial charge in [-0.25, -0.2) is 0 Å². The normalized spacial score (nSPS) is 16.2. The predicted octanol–water partition coefficient (Wildman–Crippen LogP) is 4.67. The predicted molar refractivity (Wildman–Crippen MR) is 115 cm³/mol. The molecule has 1 aliphatic heterocycles. The second kappa shape index (κ2) is 8.62. The summed E-state index contributed by atoms with van der Waals surface area (Å²) in [5.41, 5.74) is 2.43. The zero-order valence-electron chi connectivity index (χ0n) is 15.8. The Morgan fingerprint density at radius 1 is 1.18 bits per heavy atom. The van der Waals surface area contributed by atoms with Gasteiger partial charge in [-0.3, -0.25) is 9.69 Å². The van der Waals surface area contributed by atoms with E-state index in [2.05, 4.69) is 41.4 Å². The van der Waals surface area contributed by atoms with Gasteiger partial charge in [-0.1, -0.05) is 59.6 Å². The summed E-state index contributed by atoms with van der Waals surface area (Å²) in [6, 6.07) is 16.5. The van der Waals surface area contributed by atoms with Crippen molar-refractivity contribution in [2.24, 2.45) is 0 Å². The highest BCUT2D eigenvalue weighted by Crippen LogP contribution is 2.35. The number of aryl methyl sites for hydroxylation is 1. The highest BCUT2D eigenvalue weighted by Gasteiger charge is 2.24.